The molecule has 0 heterocycles. The van der Waals surface area contributed by atoms with E-state index in [1.807, 2.05) is 0 Å². The molecule has 0 unspecified atom stereocenters. The van der Waals surface area contributed by atoms with Crippen LogP contribution >= 0.6 is 11.6 Å². The zero-order chi connectivity index (χ0) is 10.0. The fourth-order valence-electron chi connectivity index (χ4n) is 2.27. The Morgan fingerprint density at radius 2 is 2.00 bits per heavy atom. The summed E-state index contributed by atoms with van der Waals surface area (Å²) in [6.45, 7) is 0. The predicted molar refractivity (Wildman–Crippen MR) is 57.4 cm³/mol. The molecule has 3 heteroatoms. The highest BCUT2D eigenvalue weighted by Crippen LogP contribution is 2.34. The fraction of sp³-hybridized carbons (Fsp3) is 0.909. The second kappa shape index (κ2) is 4.09. The number of alkyl halides is 1. The van der Waals surface area contributed by atoms with Crippen LogP contribution < -0.4 is 5.32 Å². The Morgan fingerprint density at radius 3 is 2.50 bits per heavy atom. The minimum Gasteiger partial charge on any atom is -0.349 e. The third-order valence-corrected chi connectivity index (χ3v) is 3.90. The van der Waals surface area contributed by atoms with E-state index in [0.717, 1.165) is 19.3 Å². The summed E-state index contributed by atoms with van der Waals surface area (Å²) in [5, 5.41) is 3.14. The van der Waals surface area contributed by atoms with Gasteiger partial charge < -0.3 is 5.32 Å². The van der Waals surface area contributed by atoms with Crippen molar-refractivity contribution in [3.05, 3.63) is 0 Å². The Balaban J connectivity index is 1.83. The van der Waals surface area contributed by atoms with E-state index in [1.54, 1.807) is 0 Å². The third kappa shape index (κ3) is 2.41. The maximum absolute atomic E-state index is 11.6. The zero-order valence-electron chi connectivity index (χ0n) is 8.52. The van der Waals surface area contributed by atoms with Crippen LogP contribution in [-0.2, 0) is 4.79 Å². The van der Waals surface area contributed by atoms with Crippen molar-refractivity contribution < 1.29 is 4.79 Å². The molecule has 0 aromatic rings. The second-order valence-corrected chi connectivity index (χ2v) is 5.08. The monoisotopic (exact) mass is 215 g/mol. The highest BCUT2D eigenvalue weighted by Gasteiger charge is 2.35. The molecule has 2 nitrogen and oxygen atoms in total. The fourth-order valence-corrected chi connectivity index (χ4v) is 2.61. The van der Waals surface area contributed by atoms with Crippen LogP contribution in [0, 0.1) is 5.92 Å². The first-order valence-electron chi connectivity index (χ1n) is 5.61. The van der Waals surface area contributed by atoms with Gasteiger partial charge in [0.05, 0.1) is 5.54 Å². The molecule has 2 aliphatic carbocycles. The molecule has 14 heavy (non-hydrogen) atoms. The van der Waals surface area contributed by atoms with Crippen LogP contribution in [0.15, 0.2) is 0 Å². The molecular weight excluding hydrogens is 198 g/mol. The van der Waals surface area contributed by atoms with Crippen molar-refractivity contribution in [1.82, 2.24) is 5.32 Å². The average Bonchev–Trinajstić information content (AvgIpc) is 2.83. The van der Waals surface area contributed by atoms with Gasteiger partial charge in [-0.3, -0.25) is 4.79 Å². The van der Waals surface area contributed by atoms with Gasteiger partial charge in [-0.15, -0.1) is 11.6 Å². The van der Waals surface area contributed by atoms with E-state index in [-0.39, 0.29) is 11.4 Å². The minimum atomic E-state index is -0.0620. The lowest BCUT2D eigenvalue weighted by atomic mass is 10.00. The molecule has 2 rings (SSSR count). The minimum absolute atomic E-state index is 0.0620. The smallest absolute Gasteiger partial charge is 0.220 e. The third-order valence-electron chi connectivity index (χ3n) is 3.39. The van der Waals surface area contributed by atoms with Gasteiger partial charge in [-0.1, -0.05) is 12.8 Å². The number of rotatable bonds is 4. The quantitative estimate of drug-likeness (QED) is 0.718. The van der Waals surface area contributed by atoms with Crippen molar-refractivity contribution in [2.75, 3.05) is 5.88 Å². The maximum atomic E-state index is 11.6. The van der Waals surface area contributed by atoms with Gasteiger partial charge in [0.15, 0.2) is 0 Å². The molecule has 1 amide bonds. The molecule has 2 fully saturated rings. The summed E-state index contributed by atoms with van der Waals surface area (Å²) in [6.07, 6.45) is 7.73. The molecule has 0 saturated heterocycles. The summed E-state index contributed by atoms with van der Waals surface area (Å²) >= 11 is 5.95. The Kier molecular flexibility index (Phi) is 3.01. The van der Waals surface area contributed by atoms with Crippen LogP contribution in [0.25, 0.3) is 0 Å². The van der Waals surface area contributed by atoms with Crippen molar-refractivity contribution in [3.63, 3.8) is 0 Å². The van der Waals surface area contributed by atoms with E-state index >= 15 is 0 Å². The molecule has 0 spiro atoms. The molecule has 0 aliphatic heterocycles. The number of carbonyl (C=O) groups excluding carboxylic acids is 1. The van der Waals surface area contributed by atoms with Gasteiger partial charge >= 0.3 is 0 Å². The topological polar surface area (TPSA) is 29.1 Å². The van der Waals surface area contributed by atoms with E-state index in [9.17, 15) is 4.79 Å². The summed E-state index contributed by atoms with van der Waals surface area (Å²) in [5.41, 5.74) is -0.0620. The lowest BCUT2D eigenvalue weighted by molar-refractivity contribution is -0.123. The zero-order valence-corrected chi connectivity index (χ0v) is 9.28. The lowest BCUT2D eigenvalue weighted by Gasteiger charge is -2.27. The van der Waals surface area contributed by atoms with E-state index in [4.69, 9.17) is 11.6 Å². The number of halogens is 1. The number of hydrogen-bond donors (Lipinski definition) is 1. The Bertz CT molecular complexity index is 219. The molecule has 0 radical (unpaired) electrons. The van der Waals surface area contributed by atoms with Gasteiger partial charge in [0.1, 0.15) is 0 Å². The van der Waals surface area contributed by atoms with Gasteiger partial charge in [0, 0.05) is 12.3 Å². The van der Waals surface area contributed by atoms with Crippen LogP contribution in [0.4, 0.5) is 0 Å². The number of carbonyl (C=O) groups is 1. The Hall–Kier alpha value is -0.240. The van der Waals surface area contributed by atoms with E-state index in [1.165, 1.54) is 25.7 Å². The van der Waals surface area contributed by atoms with Gasteiger partial charge in [0.25, 0.3) is 0 Å². The summed E-state index contributed by atoms with van der Waals surface area (Å²) in [4.78, 5) is 11.6. The Morgan fingerprint density at radius 1 is 1.36 bits per heavy atom. The molecule has 0 aromatic carbocycles. The maximum Gasteiger partial charge on any atom is 0.220 e. The van der Waals surface area contributed by atoms with Crippen LogP contribution in [0.1, 0.15) is 44.9 Å². The van der Waals surface area contributed by atoms with Crippen molar-refractivity contribution >= 4 is 17.5 Å². The summed E-state index contributed by atoms with van der Waals surface area (Å²) in [7, 11) is 0. The van der Waals surface area contributed by atoms with Crippen molar-refractivity contribution in [3.8, 4) is 0 Å². The first kappa shape index (κ1) is 10.3. The van der Waals surface area contributed by atoms with Crippen molar-refractivity contribution in [2.45, 2.75) is 50.5 Å². The van der Waals surface area contributed by atoms with Gasteiger partial charge in [-0.2, -0.15) is 0 Å². The SMILES string of the molecule is O=C(CC1CC1)NC1(CCl)CCCC1. The van der Waals surface area contributed by atoms with Gasteiger partial charge in [0.2, 0.25) is 5.91 Å². The normalized spacial score (nSPS) is 24.9. The number of hydrogen-bond acceptors (Lipinski definition) is 1. The molecule has 0 bridgehead atoms. The average molecular weight is 216 g/mol. The van der Waals surface area contributed by atoms with E-state index in [0.29, 0.717) is 11.8 Å². The summed E-state index contributed by atoms with van der Waals surface area (Å²) in [5.74, 6) is 1.46. The van der Waals surface area contributed by atoms with Crippen LogP contribution in [0.5, 0.6) is 0 Å². The molecule has 80 valence electrons. The van der Waals surface area contributed by atoms with Crippen LogP contribution in [-0.4, -0.2) is 17.3 Å². The second-order valence-electron chi connectivity index (χ2n) is 4.82. The first-order valence-corrected chi connectivity index (χ1v) is 6.14. The van der Waals surface area contributed by atoms with Gasteiger partial charge in [-0.25, -0.2) is 0 Å². The molecular formula is C11H18ClNO. The molecule has 0 aromatic heterocycles. The predicted octanol–water partition coefficient (Wildman–Crippen LogP) is 2.45. The van der Waals surface area contributed by atoms with E-state index in [2.05, 4.69) is 5.32 Å². The van der Waals surface area contributed by atoms with Crippen molar-refractivity contribution in [1.29, 1.82) is 0 Å². The van der Waals surface area contributed by atoms with E-state index < -0.39 is 0 Å². The molecule has 0 atom stereocenters. The summed E-state index contributed by atoms with van der Waals surface area (Å²) in [6, 6.07) is 0. The molecule has 2 saturated carbocycles. The highest BCUT2D eigenvalue weighted by molar-refractivity contribution is 6.18. The Labute approximate surface area is 90.4 Å². The summed E-state index contributed by atoms with van der Waals surface area (Å²) < 4.78 is 0. The van der Waals surface area contributed by atoms with Crippen LogP contribution in [0.2, 0.25) is 0 Å². The lowest BCUT2D eigenvalue weighted by Crippen LogP contribution is -2.47. The van der Waals surface area contributed by atoms with Crippen molar-refractivity contribution in [2.24, 2.45) is 5.92 Å². The number of amides is 1. The molecule has 2 aliphatic rings. The first-order chi connectivity index (χ1) is 6.74. The standard InChI is InChI=1S/C11H18ClNO/c12-8-11(5-1-2-6-11)13-10(14)7-9-3-4-9/h9H,1-8H2,(H,13,14). The van der Waals surface area contributed by atoms with Crippen LogP contribution in [0.3, 0.4) is 0 Å². The highest BCUT2D eigenvalue weighted by atomic mass is 35.5. The largest absolute Gasteiger partial charge is 0.349 e. The van der Waals surface area contributed by atoms with Gasteiger partial charge in [-0.05, 0) is 31.6 Å². The molecule has 1 N–H and O–H groups in total. The number of nitrogens with one attached hydrogen (secondary N) is 1.